The van der Waals surface area contributed by atoms with Crippen molar-refractivity contribution in [1.82, 2.24) is 9.97 Å². The van der Waals surface area contributed by atoms with Crippen molar-refractivity contribution in [2.45, 2.75) is 20.4 Å². The Morgan fingerprint density at radius 3 is 2.68 bits per heavy atom. The zero-order valence-electron chi connectivity index (χ0n) is 16.1. The summed E-state index contributed by atoms with van der Waals surface area (Å²) in [5.41, 5.74) is 7.28. The molecule has 1 aliphatic rings. The SMILES string of the molecule is CCN1C(=O)N(c2cc(OC)cc(NC(C)=O)c2OC)Cc2cnc(N)nc21. The maximum atomic E-state index is 13.2. The molecule has 0 unspecified atom stereocenters. The minimum atomic E-state index is -0.298. The summed E-state index contributed by atoms with van der Waals surface area (Å²) in [5.74, 6) is 1.13. The standard InChI is InChI=1S/C18H22N6O4/c1-5-23-16-11(8-20-17(19)22-16)9-24(18(23)26)14-7-12(27-3)6-13(15(14)28-4)21-10(2)25/h6-8H,5,9H2,1-4H3,(H,21,25)(H2,19,20,22). The normalized spacial score (nSPS) is 13.2. The van der Waals surface area contributed by atoms with Gasteiger partial charge in [0.2, 0.25) is 11.9 Å². The largest absolute Gasteiger partial charge is 0.497 e. The Bertz CT molecular complexity index is 933. The summed E-state index contributed by atoms with van der Waals surface area (Å²) in [6.07, 6.45) is 1.60. The van der Waals surface area contributed by atoms with E-state index in [-0.39, 0.29) is 24.4 Å². The number of carbonyl (C=O) groups is 2. The Kier molecular flexibility index (Phi) is 5.21. The van der Waals surface area contributed by atoms with E-state index in [1.54, 1.807) is 18.3 Å². The maximum Gasteiger partial charge on any atom is 0.330 e. The molecule has 0 aliphatic carbocycles. The second-order valence-electron chi connectivity index (χ2n) is 6.10. The number of hydrogen-bond donors (Lipinski definition) is 2. The van der Waals surface area contributed by atoms with Crippen LogP contribution in [0.4, 0.5) is 27.9 Å². The van der Waals surface area contributed by atoms with E-state index in [9.17, 15) is 9.59 Å². The van der Waals surface area contributed by atoms with E-state index in [1.165, 1.54) is 30.9 Å². The molecule has 0 atom stereocenters. The molecule has 0 radical (unpaired) electrons. The van der Waals surface area contributed by atoms with E-state index in [4.69, 9.17) is 15.2 Å². The number of nitrogens with zero attached hydrogens (tertiary/aromatic N) is 4. The number of anilines is 4. The lowest BCUT2D eigenvalue weighted by Gasteiger charge is -2.36. The number of urea groups is 1. The highest BCUT2D eigenvalue weighted by Crippen LogP contribution is 2.42. The summed E-state index contributed by atoms with van der Waals surface area (Å²) in [6.45, 7) is 3.84. The highest BCUT2D eigenvalue weighted by molar-refractivity contribution is 6.07. The zero-order valence-corrected chi connectivity index (χ0v) is 16.1. The van der Waals surface area contributed by atoms with Crippen molar-refractivity contribution >= 4 is 35.1 Å². The van der Waals surface area contributed by atoms with E-state index in [2.05, 4.69) is 15.3 Å². The Morgan fingerprint density at radius 2 is 2.07 bits per heavy atom. The van der Waals surface area contributed by atoms with Gasteiger partial charge in [0, 0.05) is 37.4 Å². The zero-order chi connectivity index (χ0) is 20.4. The number of amides is 3. The van der Waals surface area contributed by atoms with Gasteiger partial charge < -0.3 is 20.5 Å². The molecule has 10 heteroatoms. The van der Waals surface area contributed by atoms with Crippen LogP contribution in [0.3, 0.4) is 0 Å². The number of aromatic nitrogens is 2. The van der Waals surface area contributed by atoms with E-state index >= 15 is 0 Å². The lowest BCUT2D eigenvalue weighted by molar-refractivity contribution is -0.114. The van der Waals surface area contributed by atoms with Crippen molar-refractivity contribution in [1.29, 1.82) is 0 Å². The molecule has 3 amide bonds. The summed E-state index contributed by atoms with van der Waals surface area (Å²) in [5, 5.41) is 2.71. The first-order valence-electron chi connectivity index (χ1n) is 8.63. The number of ether oxygens (including phenoxy) is 2. The fraction of sp³-hybridized carbons (Fsp3) is 0.333. The summed E-state index contributed by atoms with van der Waals surface area (Å²) in [7, 11) is 2.98. The minimum absolute atomic E-state index is 0.102. The molecule has 148 valence electrons. The van der Waals surface area contributed by atoms with Crippen LogP contribution in [0, 0.1) is 0 Å². The molecule has 28 heavy (non-hydrogen) atoms. The molecule has 2 heterocycles. The van der Waals surface area contributed by atoms with Crippen LogP contribution in [-0.4, -0.2) is 42.7 Å². The van der Waals surface area contributed by atoms with Gasteiger partial charge in [0.1, 0.15) is 11.6 Å². The molecule has 10 nitrogen and oxygen atoms in total. The van der Waals surface area contributed by atoms with Crippen LogP contribution in [0.5, 0.6) is 11.5 Å². The fourth-order valence-electron chi connectivity index (χ4n) is 3.11. The van der Waals surface area contributed by atoms with Crippen molar-refractivity contribution < 1.29 is 19.1 Å². The Labute approximate surface area is 162 Å². The van der Waals surface area contributed by atoms with Gasteiger partial charge in [-0.15, -0.1) is 0 Å². The molecule has 0 fully saturated rings. The summed E-state index contributed by atoms with van der Waals surface area (Å²) >= 11 is 0. The average Bonchev–Trinajstić information content (AvgIpc) is 2.66. The third-order valence-corrected chi connectivity index (χ3v) is 4.31. The number of methoxy groups -OCH3 is 2. The third-order valence-electron chi connectivity index (χ3n) is 4.31. The fourth-order valence-corrected chi connectivity index (χ4v) is 3.11. The third kappa shape index (κ3) is 3.36. The molecule has 0 saturated carbocycles. The molecule has 3 rings (SSSR count). The van der Waals surface area contributed by atoms with Gasteiger partial charge in [0.15, 0.2) is 5.75 Å². The number of fused-ring (bicyclic) bond motifs is 1. The van der Waals surface area contributed by atoms with Crippen molar-refractivity contribution in [3.05, 3.63) is 23.9 Å². The van der Waals surface area contributed by atoms with Crippen LogP contribution in [0.2, 0.25) is 0 Å². The lowest BCUT2D eigenvalue weighted by atomic mass is 10.1. The van der Waals surface area contributed by atoms with Crippen LogP contribution in [0.15, 0.2) is 18.3 Å². The van der Waals surface area contributed by atoms with Gasteiger partial charge in [-0.05, 0) is 6.92 Å². The molecular weight excluding hydrogens is 364 g/mol. The van der Waals surface area contributed by atoms with Gasteiger partial charge in [0.05, 0.1) is 32.1 Å². The van der Waals surface area contributed by atoms with E-state index in [1.807, 2.05) is 6.92 Å². The van der Waals surface area contributed by atoms with E-state index in [0.717, 1.165) is 5.56 Å². The quantitative estimate of drug-likeness (QED) is 0.805. The number of rotatable bonds is 5. The molecule has 1 aromatic heterocycles. The smallest absolute Gasteiger partial charge is 0.330 e. The molecule has 1 aromatic carbocycles. The molecule has 0 saturated heterocycles. The lowest BCUT2D eigenvalue weighted by Crippen LogP contribution is -2.48. The molecule has 2 aromatic rings. The molecule has 3 N–H and O–H groups in total. The Balaban J connectivity index is 2.15. The van der Waals surface area contributed by atoms with Gasteiger partial charge in [-0.1, -0.05) is 0 Å². The minimum Gasteiger partial charge on any atom is -0.497 e. The van der Waals surface area contributed by atoms with Crippen LogP contribution in [-0.2, 0) is 11.3 Å². The number of nitrogens with one attached hydrogen (secondary N) is 1. The van der Waals surface area contributed by atoms with Gasteiger partial charge in [-0.3, -0.25) is 14.6 Å². The van der Waals surface area contributed by atoms with Crippen LogP contribution in [0.25, 0.3) is 0 Å². The number of hydrogen-bond acceptors (Lipinski definition) is 7. The second-order valence-corrected chi connectivity index (χ2v) is 6.10. The van der Waals surface area contributed by atoms with Crippen molar-refractivity contribution in [3.8, 4) is 11.5 Å². The average molecular weight is 386 g/mol. The van der Waals surface area contributed by atoms with Gasteiger partial charge >= 0.3 is 6.03 Å². The van der Waals surface area contributed by atoms with Gasteiger partial charge in [-0.25, -0.2) is 9.78 Å². The first kappa shape index (κ1) is 19.2. The van der Waals surface area contributed by atoms with Gasteiger partial charge in [-0.2, -0.15) is 4.98 Å². The summed E-state index contributed by atoms with van der Waals surface area (Å²) in [4.78, 5) is 36.1. The van der Waals surface area contributed by atoms with Crippen LogP contribution < -0.4 is 30.3 Å². The van der Waals surface area contributed by atoms with Crippen molar-refractivity contribution in [2.75, 3.05) is 41.6 Å². The topological polar surface area (TPSA) is 123 Å². The highest BCUT2D eigenvalue weighted by Gasteiger charge is 2.34. The highest BCUT2D eigenvalue weighted by atomic mass is 16.5. The maximum absolute atomic E-state index is 13.2. The monoisotopic (exact) mass is 386 g/mol. The number of nitrogen functional groups attached to an aromatic ring is 1. The summed E-state index contributed by atoms with van der Waals surface area (Å²) < 4.78 is 10.9. The predicted molar refractivity (Wildman–Crippen MR) is 105 cm³/mol. The Hall–Kier alpha value is -3.56. The van der Waals surface area contributed by atoms with E-state index < -0.39 is 0 Å². The predicted octanol–water partition coefficient (Wildman–Crippen LogP) is 2.00. The molecule has 1 aliphatic heterocycles. The molecule has 0 bridgehead atoms. The second kappa shape index (κ2) is 7.59. The van der Waals surface area contributed by atoms with Gasteiger partial charge in [0.25, 0.3) is 0 Å². The van der Waals surface area contributed by atoms with E-state index in [0.29, 0.717) is 35.2 Å². The van der Waals surface area contributed by atoms with Crippen molar-refractivity contribution in [3.63, 3.8) is 0 Å². The number of nitrogens with two attached hydrogens (primary N) is 1. The molecular formula is C18H22N6O4. The Morgan fingerprint density at radius 1 is 1.32 bits per heavy atom. The number of benzene rings is 1. The number of carbonyl (C=O) groups excluding carboxylic acids is 2. The first-order valence-corrected chi connectivity index (χ1v) is 8.63. The van der Waals surface area contributed by atoms with Crippen LogP contribution >= 0.6 is 0 Å². The first-order chi connectivity index (χ1) is 13.4. The van der Waals surface area contributed by atoms with Crippen LogP contribution in [0.1, 0.15) is 19.4 Å². The van der Waals surface area contributed by atoms with Crippen molar-refractivity contribution in [2.24, 2.45) is 0 Å². The summed E-state index contributed by atoms with van der Waals surface area (Å²) in [6, 6.07) is 3.01. The molecule has 0 spiro atoms.